The van der Waals surface area contributed by atoms with Gasteiger partial charge in [0.1, 0.15) is 5.82 Å². The van der Waals surface area contributed by atoms with Crippen LogP contribution in [0.25, 0.3) is 0 Å². The van der Waals surface area contributed by atoms with Crippen molar-refractivity contribution in [3.63, 3.8) is 0 Å². The fraction of sp³-hybridized carbons (Fsp3) is 0.643. The van der Waals surface area contributed by atoms with Gasteiger partial charge in [-0.15, -0.1) is 0 Å². The largest absolute Gasteiger partial charge is 0.476 e. The third-order valence-electron chi connectivity index (χ3n) is 3.33. The molecule has 1 saturated carbocycles. The van der Waals surface area contributed by atoms with Crippen molar-refractivity contribution in [3.05, 3.63) is 12.1 Å². The number of hydrogen-bond acceptors (Lipinski definition) is 5. The lowest BCUT2D eigenvalue weighted by molar-refractivity contribution is -0.0202. The van der Waals surface area contributed by atoms with E-state index in [2.05, 4.69) is 24.1 Å². The van der Waals surface area contributed by atoms with Crippen LogP contribution in [0.15, 0.2) is 12.1 Å². The first-order valence-electron chi connectivity index (χ1n) is 6.84. The van der Waals surface area contributed by atoms with Gasteiger partial charge in [-0.25, -0.2) is 0 Å². The van der Waals surface area contributed by atoms with Crippen LogP contribution >= 0.6 is 0 Å². The van der Waals surface area contributed by atoms with E-state index in [1.54, 1.807) is 12.1 Å². The van der Waals surface area contributed by atoms with Crippen LogP contribution in [0.2, 0.25) is 0 Å². The van der Waals surface area contributed by atoms with Gasteiger partial charge in [0.25, 0.3) is 0 Å². The highest BCUT2D eigenvalue weighted by Gasteiger charge is 2.34. The van der Waals surface area contributed by atoms with Gasteiger partial charge in [0.2, 0.25) is 5.88 Å². The van der Waals surface area contributed by atoms with E-state index >= 15 is 0 Å². The van der Waals surface area contributed by atoms with E-state index in [1.807, 2.05) is 0 Å². The van der Waals surface area contributed by atoms with Gasteiger partial charge in [-0.2, -0.15) is 4.98 Å². The highest BCUT2D eigenvalue weighted by molar-refractivity contribution is 5.53. The summed E-state index contributed by atoms with van der Waals surface area (Å²) in [5.41, 5.74) is 5.80. The second kappa shape index (κ2) is 5.65. The van der Waals surface area contributed by atoms with Crippen LogP contribution in [-0.2, 0) is 0 Å². The molecule has 1 aromatic rings. The molecule has 0 aromatic carbocycles. The molecule has 0 saturated heterocycles. The summed E-state index contributed by atoms with van der Waals surface area (Å²) in [6.07, 6.45) is 2.80. The summed E-state index contributed by atoms with van der Waals surface area (Å²) in [5, 5.41) is 13.2. The molecule has 0 spiro atoms. The van der Waals surface area contributed by atoms with E-state index in [1.165, 1.54) is 0 Å². The summed E-state index contributed by atoms with van der Waals surface area (Å²) in [5.74, 6) is 1.57. The maximum atomic E-state index is 10.0. The van der Waals surface area contributed by atoms with Crippen LogP contribution in [0.5, 0.6) is 5.88 Å². The number of nitrogens with two attached hydrogens (primary N) is 1. The highest BCUT2D eigenvalue weighted by atomic mass is 16.5. The van der Waals surface area contributed by atoms with Crippen molar-refractivity contribution in [2.24, 2.45) is 5.92 Å². The van der Waals surface area contributed by atoms with Crippen molar-refractivity contribution in [2.75, 3.05) is 24.2 Å². The summed E-state index contributed by atoms with van der Waals surface area (Å²) < 4.78 is 5.57. The highest BCUT2D eigenvalue weighted by Crippen LogP contribution is 2.31. The zero-order chi connectivity index (χ0) is 13.9. The van der Waals surface area contributed by atoms with Gasteiger partial charge >= 0.3 is 0 Å². The van der Waals surface area contributed by atoms with Gasteiger partial charge in [-0.05, 0) is 37.3 Å². The van der Waals surface area contributed by atoms with Gasteiger partial charge in [0, 0.05) is 6.54 Å². The van der Waals surface area contributed by atoms with E-state index in [0.717, 1.165) is 19.3 Å². The van der Waals surface area contributed by atoms with Crippen molar-refractivity contribution in [3.8, 4) is 5.88 Å². The first-order chi connectivity index (χ1) is 8.98. The fourth-order valence-corrected chi connectivity index (χ4v) is 1.93. The first-order valence-corrected chi connectivity index (χ1v) is 6.84. The Bertz CT molecular complexity index is 431. The smallest absolute Gasteiger partial charge is 0.239 e. The fourth-order valence-electron chi connectivity index (χ4n) is 1.93. The molecular formula is C14H23N3O2. The zero-order valence-electron chi connectivity index (χ0n) is 11.6. The average molecular weight is 265 g/mol. The predicted octanol–water partition coefficient (Wildman–Crippen LogP) is 2.03. The lowest BCUT2D eigenvalue weighted by atomic mass is 9.80. The lowest BCUT2D eigenvalue weighted by Crippen LogP contribution is -2.43. The van der Waals surface area contributed by atoms with Crippen LogP contribution in [0, 0.1) is 5.92 Å². The number of aliphatic hydroxyl groups is 1. The molecular weight excluding hydrogens is 242 g/mol. The molecule has 1 aromatic heterocycles. The van der Waals surface area contributed by atoms with Gasteiger partial charge in [0.15, 0.2) is 0 Å². The van der Waals surface area contributed by atoms with Crippen LogP contribution in [0.1, 0.15) is 33.1 Å². The Balaban J connectivity index is 1.95. The summed E-state index contributed by atoms with van der Waals surface area (Å²) in [7, 11) is 0. The van der Waals surface area contributed by atoms with Crippen molar-refractivity contribution in [2.45, 2.75) is 38.7 Å². The number of ether oxygens (including phenoxy) is 1. The standard InChI is InChI=1S/C14H23N3O2/c1-10(2)8-19-13-11(15)4-5-12(17-13)16-9-14(18)6-3-7-14/h4-5,10,18H,3,6-9,15H2,1-2H3,(H,16,17). The Kier molecular flexibility index (Phi) is 4.14. The SMILES string of the molecule is CC(C)COc1nc(NCC2(O)CCC2)ccc1N. The van der Waals surface area contributed by atoms with Crippen molar-refractivity contribution < 1.29 is 9.84 Å². The topological polar surface area (TPSA) is 80.4 Å². The number of pyridine rings is 1. The first kappa shape index (κ1) is 13.9. The Morgan fingerprint density at radius 2 is 2.21 bits per heavy atom. The third kappa shape index (κ3) is 3.73. The normalized spacial score (nSPS) is 17.1. The quantitative estimate of drug-likeness (QED) is 0.733. The number of nitrogen functional groups attached to an aromatic ring is 1. The minimum absolute atomic E-state index is 0.425. The van der Waals surface area contributed by atoms with Gasteiger partial charge in [-0.1, -0.05) is 13.8 Å². The Hall–Kier alpha value is -1.49. The van der Waals surface area contributed by atoms with Crippen molar-refractivity contribution >= 4 is 11.5 Å². The van der Waals surface area contributed by atoms with Gasteiger partial charge in [-0.3, -0.25) is 0 Å². The van der Waals surface area contributed by atoms with Crippen molar-refractivity contribution in [1.29, 1.82) is 0 Å². The van der Waals surface area contributed by atoms with Crippen LogP contribution in [-0.4, -0.2) is 28.8 Å². The second-order valence-electron chi connectivity index (χ2n) is 5.73. The van der Waals surface area contributed by atoms with E-state index in [4.69, 9.17) is 10.5 Å². The minimum Gasteiger partial charge on any atom is -0.476 e. The Labute approximate surface area is 114 Å². The Morgan fingerprint density at radius 3 is 2.79 bits per heavy atom. The molecule has 19 heavy (non-hydrogen) atoms. The predicted molar refractivity (Wildman–Crippen MR) is 76.3 cm³/mol. The molecule has 1 fully saturated rings. The number of nitrogens with zero attached hydrogens (tertiary/aromatic N) is 1. The molecule has 1 aliphatic carbocycles. The van der Waals surface area contributed by atoms with E-state index in [0.29, 0.717) is 36.5 Å². The molecule has 2 rings (SSSR count). The molecule has 0 bridgehead atoms. The van der Waals surface area contributed by atoms with Crippen LogP contribution < -0.4 is 15.8 Å². The number of anilines is 2. The summed E-state index contributed by atoms with van der Waals surface area (Å²) in [6, 6.07) is 3.58. The molecule has 0 unspecified atom stereocenters. The number of hydrogen-bond donors (Lipinski definition) is 3. The minimum atomic E-state index is -0.567. The number of rotatable bonds is 6. The van der Waals surface area contributed by atoms with Crippen molar-refractivity contribution in [1.82, 2.24) is 4.98 Å². The molecule has 0 atom stereocenters. The van der Waals surface area contributed by atoms with E-state index in [-0.39, 0.29) is 0 Å². The van der Waals surface area contributed by atoms with Crippen LogP contribution in [0.3, 0.4) is 0 Å². The maximum absolute atomic E-state index is 10.0. The summed E-state index contributed by atoms with van der Waals surface area (Å²) in [6.45, 7) is 5.26. The molecule has 0 radical (unpaired) electrons. The van der Waals surface area contributed by atoms with E-state index < -0.39 is 5.60 Å². The third-order valence-corrected chi connectivity index (χ3v) is 3.33. The number of aromatic nitrogens is 1. The molecule has 0 amide bonds. The second-order valence-corrected chi connectivity index (χ2v) is 5.73. The molecule has 1 heterocycles. The van der Waals surface area contributed by atoms with Gasteiger partial charge in [0.05, 0.1) is 17.9 Å². The molecule has 5 heteroatoms. The molecule has 106 valence electrons. The molecule has 4 N–H and O–H groups in total. The lowest BCUT2D eigenvalue weighted by Gasteiger charge is -2.36. The Morgan fingerprint density at radius 1 is 1.47 bits per heavy atom. The molecule has 0 aliphatic heterocycles. The number of nitrogens with one attached hydrogen (secondary N) is 1. The molecule has 1 aliphatic rings. The summed E-state index contributed by atoms with van der Waals surface area (Å²) >= 11 is 0. The monoisotopic (exact) mass is 265 g/mol. The summed E-state index contributed by atoms with van der Waals surface area (Å²) in [4.78, 5) is 4.34. The van der Waals surface area contributed by atoms with Gasteiger partial charge < -0.3 is 20.9 Å². The maximum Gasteiger partial charge on any atom is 0.239 e. The average Bonchev–Trinajstić information content (AvgIpc) is 2.33. The zero-order valence-corrected chi connectivity index (χ0v) is 11.6. The van der Waals surface area contributed by atoms with E-state index in [9.17, 15) is 5.11 Å². The van der Waals surface area contributed by atoms with Crippen LogP contribution in [0.4, 0.5) is 11.5 Å². The molecule has 5 nitrogen and oxygen atoms in total.